The number of rotatable bonds is 3. The third-order valence-electron chi connectivity index (χ3n) is 6.71. The molecule has 1 aromatic rings. The number of carbonyl (C=O) groups is 3. The average molecular weight is 399 g/mol. The van der Waals surface area contributed by atoms with E-state index in [1.54, 1.807) is 9.80 Å². The zero-order chi connectivity index (χ0) is 20.4. The van der Waals surface area contributed by atoms with E-state index in [2.05, 4.69) is 5.32 Å². The molecule has 29 heavy (non-hydrogen) atoms. The van der Waals surface area contributed by atoms with Crippen LogP contribution in [0.5, 0.6) is 0 Å². The Morgan fingerprint density at radius 1 is 1.00 bits per heavy atom. The third-order valence-corrected chi connectivity index (χ3v) is 6.71. The average Bonchev–Trinajstić information content (AvgIpc) is 3.14. The van der Waals surface area contributed by atoms with Gasteiger partial charge in [0.1, 0.15) is 6.04 Å². The lowest BCUT2D eigenvalue weighted by Gasteiger charge is -2.38. The van der Waals surface area contributed by atoms with Gasteiger partial charge in [0.25, 0.3) is 0 Å². The van der Waals surface area contributed by atoms with Crippen LogP contribution in [-0.2, 0) is 9.59 Å². The maximum absolute atomic E-state index is 13.4. The molecule has 0 radical (unpaired) electrons. The summed E-state index contributed by atoms with van der Waals surface area (Å²) < 4.78 is 0. The Kier molecular flexibility index (Phi) is 5.74. The summed E-state index contributed by atoms with van der Waals surface area (Å²) >= 11 is 0. The molecule has 3 amide bonds. The van der Waals surface area contributed by atoms with Crippen molar-refractivity contribution in [3.63, 3.8) is 0 Å². The van der Waals surface area contributed by atoms with Crippen LogP contribution in [0.15, 0.2) is 30.3 Å². The summed E-state index contributed by atoms with van der Waals surface area (Å²) in [6.45, 7) is 0.953. The molecule has 1 saturated carbocycles. The molecule has 3 aliphatic rings. The van der Waals surface area contributed by atoms with Gasteiger partial charge < -0.3 is 20.2 Å². The Balaban J connectivity index is 1.45. The molecule has 2 saturated heterocycles. The molecule has 2 aliphatic heterocycles. The first-order chi connectivity index (χ1) is 14.0. The highest BCUT2D eigenvalue weighted by Gasteiger charge is 2.49. The lowest BCUT2D eigenvalue weighted by atomic mass is 9.84. The van der Waals surface area contributed by atoms with E-state index in [9.17, 15) is 19.5 Å². The van der Waals surface area contributed by atoms with Gasteiger partial charge in [-0.25, -0.2) is 9.59 Å². The first-order valence-corrected chi connectivity index (χ1v) is 10.7. The number of amides is 3. The van der Waals surface area contributed by atoms with E-state index < -0.39 is 12.0 Å². The van der Waals surface area contributed by atoms with Crippen molar-refractivity contribution in [3.8, 4) is 0 Å². The molecule has 7 heteroatoms. The number of piperidine rings is 1. The lowest BCUT2D eigenvalue weighted by Crippen LogP contribution is -2.53. The Hall–Kier alpha value is -2.57. The second kappa shape index (κ2) is 8.43. The number of aliphatic carboxylic acids is 1. The molecule has 1 aliphatic carbocycles. The SMILES string of the molecule is O=C(O)C1CC2CCCCC2N1C(=O)C1CCCN(C(=O)Nc2ccccc2)C1. The molecule has 2 N–H and O–H groups in total. The number of nitrogens with zero attached hydrogens (tertiary/aromatic N) is 2. The number of nitrogens with one attached hydrogen (secondary N) is 1. The number of hydrogen-bond donors (Lipinski definition) is 2. The lowest BCUT2D eigenvalue weighted by molar-refractivity contribution is -0.152. The van der Waals surface area contributed by atoms with E-state index in [1.165, 1.54) is 0 Å². The number of likely N-dealkylation sites (tertiary alicyclic amines) is 2. The normalized spacial score (nSPS) is 29.2. The fourth-order valence-electron chi connectivity index (χ4n) is 5.30. The van der Waals surface area contributed by atoms with Gasteiger partial charge in [-0.2, -0.15) is 0 Å². The van der Waals surface area contributed by atoms with Crippen LogP contribution in [-0.4, -0.2) is 58.0 Å². The number of para-hydroxylation sites is 1. The van der Waals surface area contributed by atoms with Crippen LogP contribution in [0.1, 0.15) is 44.9 Å². The Morgan fingerprint density at radius 2 is 1.76 bits per heavy atom. The smallest absolute Gasteiger partial charge is 0.326 e. The molecule has 0 bridgehead atoms. The van der Waals surface area contributed by atoms with Gasteiger partial charge in [0.05, 0.1) is 5.92 Å². The summed E-state index contributed by atoms with van der Waals surface area (Å²) in [5.41, 5.74) is 0.724. The number of carboxylic acid groups (broad SMARTS) is 1. The minimum atomic E-state index is -0.901. The fraction of sp³-hybridized carbons (Fsp3) is 0.591. The molecule has 3 fully saturated rings. The van der Waals surface area contributed by atoms with Crippen molar-refractivity contribution in [2.75, 3.05) is 18.4 Å². The number of fused-ring (bicyclic) bond motifs is 1. The molecule has 4 atom stereocenters. The topological polar surface area (TPSA) is 90.0 Å². The van der Waals surface area contributed by atoms with E-state index in [4.69, 9.17) is 0 Å². The van der Waals surface area contributed by atoms with E-state index in [0.717, 1.165) is 37.8 Å². The largest absolute Gasteiger partial charge is 0.480 e. The number of hydrogen-bond acceptors (Lipinski definition) is 3. The maximum atomic E-state index is 13.4. The van der Waals surface area contributed by atoms with E-state index in [1.807, 2.05) is 30.3 Å². The quantitative estimate of drug-likeness (QED) is 0.817. The first-order valence-electron chi connectivity index (χ1n) is 10.7. The highest BCUT2D eigenvalue weighted by atomic mass is 16.4. The van der Waals surface area contributed by atoms with Crippen LogP contribution in [0, 0.1) is 11.8 Å². The van der Waals surface area contributed by atoms with Gasteiger partial charge in [-0.05, 0) is 50.2 Å². The summed E-state index contributed by atoms with van der Waals surface area (Å²) in [6, 6.07) is 8.38. The standard InChI is InChI=1S/C22H29N3O4/c26-20(25-18-11-5-4-7-15(18)13-19(25)21(27)28)16-8-6-12-24(14-16)22(29)23-17-9-2-1-3-10-17/h1-3,9-10,15-16,18-19H,4-8,11-14H2,(H,23,29)(H,27,28). The second-order valence-electron chi connectivity index (χ2n) is 8.53. The minimum absolute atomic E-state index is 0.0471. The third kappa shape index (κ3) is 4.09. The van der Waals surface area contributed by atoms with E-state index >= 15 is 0 Å². The van der Waals surface area contributed by atoms with Gasteiger partial charge in [-0.3, -0.25) is 4.79 Å². The van der Waals surface area contributed by atoms with Crippen molar-refractivity contribution >= 4 is 23.6 Å². The number of benzene rings is 1. The van der Waals surface area contributed by atoms with Gasteiger partial charge in [0, 0.05) is 24.8 Å². The van der Waals surface area contributed by atoms with Crippen molar-refractivity contribution in [1.29, 1.82) is 0 Å². The highest BCUT2D eigenvalue weighted by Crippen LogP contribution is 2.41. The summed E-state index contributed by atoms with van der Waals surface area (Å²) in [5.74, 6) is -1.01. The fourth-order valence-corrected chi connectivity index (χ4v) is 5.30. The summed E-state index contributed by atoms with van der Waals surface area (Å²) in [5, 5.41) is 12.6. The van der Waals surface area contributed by atoms with E-state index in [0.29, 0.717) is 31.8 Å². The molecule has 0 aromatic heterocycles. The molecular formula is C22H29N3O4. The predicted octanol–water partition coefficient (Wildman–Crippen LogP) is 3.17. The van der Waals surface area contributed by atoms with Gasteiger partial charge in [0.15, 0.2) is 0 Å². The van der Waals surface area contributed by atoms with Crippen molar-refractivity contribution < 1.29 is 19.5 Å². The zero-order valence-electron chi connectivity index (χ0n) is 16.6. The van der Waals surface area contributed by atoms with Crippen LogP contribution in [0.4, 0.5) is 10.5 Å². The number of carboxylic acids is 1. The monoisotopic (exact) mass is 399 g/mol. The van der Waals surface area contributed by atoms with E-state index in [-0.39, 0.29) is 23.9 Å². The van der Waals surface area contributed by atoms with Crippen LogP contribution >= 0.6 is 0 Å². The molecule has 156 valence electrons. The number of carbonyl (C=O) groups excluding carboxylic acids is 2. The molecule has 2 heterocycles. The predicted molar refractivity (Wildman–Crippen MR) is 108 cm³/mol. The van der Waals surface area contributed by atoms with Crippen LogP contribution < -0.4 is 5.32 Å². The Morgan fingerprint density at radius 3 is 2.52 bits per heavy atom. The summed E-state index contributed by atoms with van der Waals surface area (Å²) in [6.07, 6.45) is 6.09. The van der Waals surface area contributed by atoms with Gasteiger partial charge in [-0.1, -0.05) is 31.0 Å². The number of urea groups is 1. The number of anilines is 1. The van der Waals surface area contributed by atoms with Gasteiger partial charge >= 0.3 is 12.0 Å². The highest BCUT2D eigenvalue weighted by molar-refractivity contribution is 5.90. The molecule has 1 aromatic carbocycles. The Bertz CT molecular complexity index is 769. The Labute approximate surface area is 171 Å². The van der Waals surface area contributed by atoms with Crippen molar-refractivity contribution in [3.05, 3.63) is 30.3 Å². The zero-order valence-corrected chi connectivity index (χ0v) is 16.6. The van der Waals surface area contributed by atoms with Crippen molar-refractivity contribution in [2.24, 2.45) is 11.8 Å². The second-order valence-corrected chi connectivity index (χ2v) is 8.53. The molecule has 4 unspecified atom stereocenters. The minimum Gasteiger partial charge on any atom is -0.480 e. The summed E-state index contributed by atoms with van der Waals surface area (Å²) in [7, 11) is 0. The van der Waals surface area contributed by atoms with Gasteiger partial charge in [0.2, 0.25) is 5.91 Å². The maximum Gasteiger partial charge on any atom is 0.326 e. The molecule has 4 rings (SSSR count). The first kappa shape index (κ1) is 19.7. The van der Waals surface area contributed by atoms with Gasteiger partial charge in [-0.15, -0.1) is 0 Å². The molecule has 0 spiro atoms. The van der Waals surface area contributed by atoms with Crippen molar-refractivity contribution in [1.82, 2.24) is 9.80 Å². The van der Waals surface area contributed by atoms with Crippen LogP contribution in [0.3, 0.4) is 0 Å². The van der Waals surface area contributed by atoms with Crippen LogP contribution in [0.2, 0.25) is 0 Å². The molecular weight excluding hydrogens is 370 g/mol. The summed E-state index contributed by atoms with van der Waals surface area (Å²) in [4.78, 5) is 41.3. The van der Waals surface area contributed by atoms with Crippen LogP contribution in [0.25, 0.3) is 0 Å². The van der Waals surface area contributed by atoms with Crippen molar-refractivity contribution in [2.45, 2.75) is 57.0 Å². The molecule has 7 nitrogen and oxygen atoms in total.